The van der Waals surface area contributed by atoms with Crippen molar-refractivity contribution in [1.29, 1.82) is 0 Å². The van der Waals surface area contributed by atoms with Gasteiger partial charge in [0.05, 0.1) is 12.2 Å². The second kappa shape index (κ2) is 9.39. The summed E-state index contributed by atoms with van der Waals surface area (Å²) in [7, 11) is 0. The fourth-order valence-corrected chi connectivity index (χ4v) is 4.22. The molecule has 3 amide bonds. The minimum absolute atomic E-state index is 0.0139. The number of rotatable bonds is 6. The van der Waals surface area contributed by atoms with E-state index in [-0.39, 0.29) is 17.4 Å². The van der Waals surface area contributed by atoms with Crippen LogP contribution < -0.4 is 10.6 Å². The number of amides is 3. The minimum atomic E-state index is -0.225. The van der Waals surface area contributed by atoms with Crippen LogP contribution in [0.3, 0.4) is 0 Å². The second-order valence-corrected chi connectivity index (χ2v) is 9.37. The first kappa shape index (κ1) is 21.3. The zero-order valence-corrected chi connectivity index (χ0v) is 18.3. The van der Waals surface area contributed by atoms with Crippen LogP contribution in [-0.4, -0.2) is 34.9 Å². The average Bonchev–Trinajstić information content (AvgIpc) is 3.19. The molecule has 0 aliphatic carbocycles. The van der Waals surface area contributed by atoms with Crippen LogP contribution in [0.15, 0.2) is 29.6 Å². The second-order valence-electron chi connectivity index (χ2n) is 8.42. The summed E-state index contributed by atoms with van der Waals surface area (Å²) >= 11 is 1.56. The number of thiazole rings is 1. The van der Waals surface area contributed by atoms with Gasteiger partial charge in [-0.25, -0.2) is 9.78 Å². The molecule has 1 aliphatic heterocycles. The largest absolute Gasteiger partial charge is 0.338 e. The van der Waals surface area contributed by atoms with E-state index in [4.69, 9.17) is 0 Å². The van der Waals surface area contributed by atoms with Crippen LogP contribution in [0.25, 0.3) is 0 Å². The highest BCUT2D eigenvalue weighted by Crippen LogP contribution is 2.23. The lowest BCUT2D eigenvalue weighted by Crippen LogP contribution is -2.37. The van der Waals surface area contributed by atoms with Crippen LogP contribution in [0.5, 0.6) is 0 Å². The number of carbonyl (C=O) groups excluding carboxylic acids is 2. The van der Waals surface area contributed by atoms with Crippen LogP contribution in [0, 0.1) is 0 Å². The van der Waals surface area contributed by atoms with Crippen molar-refractivity contribution in [2.45, 2.75) is 58.5 Å². The summed E-state index contributed by atoms with van der Waals surface area (Å²) in [5, 5.41) is 8.58. The Morgan fingerprint density at radius 1 is 1.17 bits per heavy atom. The number of aromatic nitrogens is 1. The molecule has 0 radical (unpaired) electrons. The molecule has 1 aromatic carbocycles. The molecule has 1 aromatic heterocycles. The fraction of sp³-hybridized carbons (Fsp3) is 0.500. The molecule has 6 nitrogen and oxygen atoms in total. The third-order valence-corrected chi connectivity index (χ3v) is 5.91. The van der Waals surface area contributed by atoms with Crippen LogP contribution in [0.1, 0.15) is 55.4 Å². The summed E-state index contributed by atoms with van der Waals surface area (Å²) in [5.74, 6) is 0.152. The lowest BCUT2D eigenvalue weighted by molar-refractivity contribution is -0.132. The molecule has 0 saturated carbocycles. The Kier molecular flexibility index (Phi) is 6.90. The van der Waals surface area contributed by atoms with E-state index in [1.54, 1.807) is 11.3 Å². The Balaban J connectivity index is 1.32. The van der Waals surface area contributed by atoms with E-state index in [2.05, 4.69) is 48.5 Å². The smallest absolute Gasteiger partial charge is 0.315 e. The van der Waals surface area contributed by atoms with Gasteiger partial charge in [-0.05, 0) is 24.0 Å². The highest BCUT2D eigenvalue weighted by molar-refractivity contribution is 7.09. The van der Waals surface area contributed by atoms with Gasteiger partial charge in [-0.15, -0.1) is 11.3 Å². The molecule has 2 heterocycles. The summed E-state index contributed by atoms with van der Waals surface area (Å²) < 4.78 is 0. The third kappa shape index (κ3) is 6.03. The van der Waals surface area contributed by atoms with Crippen molar-refractivity contribution in [2.75, 3.05) is 13.1 Å². The van der Waals surface area contributed by atoms with Crippen LogP contribution in [0.2, 0.25) is 0 Å². The summed E-state index contributed by atoms with van der Waals surface area (Å²) in [4.78, 5) is 30.9. The van der Waals surface area contributed by atoms with Gasteiger partial charge in [0.2, 0.25) is 5.91 Å². The van der Waals surface area contributed by atoms with E-state index in [1.165, 1.54) is 11.1 Å². The highest BCUT2D eigenvalue weighted by atomic mass is 32.1. The lowest BCUT2D eigenvalue weighted by Gasteiger charge is -2.29. The van der Waals surface area contributed by atoms with Gasteiger partial charge in [-0.3, -0.25) is 4.79 Å². The number of carbonyl (C=O) groups is 2. The van der Waals surface area contributed by atoms with Gasteiger partial charge in [0, 0.05) is 36.9 Å². The molecule has 3 rings (SSSR count). The number of nitrogens with one attached hydrogen (secondary N) is 2. The zero-order chi connectivity index (χ0) is 20.9. The van der Waals surface area contributed by atoms with Gasteiger partial charge < -0.3 is 15.5 Å². The molecular weight excluding hydrogens is 384 g/mol. The van der Waals surface area contributed by atoms with Crippen LogP contribution in [0.4, 0.5) is 4.79 Å². The van der Waals surface area contributed by atoms with E-state index in [0.29, 0.717) is 32.5 Å². The summed E-state index contributed by atoms with van der Waals surface area (Å²) in [6.07, 6.45) is 2.00. The molecule has 0 bridgehead atoms. The molecule has 2 aromatic rings. The average molecular weight is 415 g/mol. The topological polar surface area (TPSA) is 74.3 Å². The van der Waals surface area contributed by atoms with Crippen molar-refractivity contribution in [1.82, 2.24) is 20.5 Å². The summed E-state index contributed by atoms with van der Waals surface area (Å²) in [6, 6.07) is 8.07. The number of urea groups is 1. The van der Waals surface area contributed by atoms with Crippen molar-refractivity contribution in [3.05, 3.63) is 51.5 Å². The number of hydrogen-bond donors (Lipinski definition) is 2. The van der Waals surface area contributed by atoms with E-state index in [1.807, 2.05) is 22.4 Å². The van der Waals surface area contributed by atoms with E-state index < -0.39 is 0 Å². The molecule has 156 valence electrons. The predicted molar refractivity (Wildman–Crippen MR) is 116 cm³/mol. The monoisotopic (exact) mass is 414 g/mol. The van der Waals surface area contributed by atoms with Gasteiger partial charge in [-0.1, -0.05) is 45.0 Å². The Labute approximate surface area is 176 Å². The van der Waals surface area contributed by atoms with E-state index in [0.717, 1.165) is 23.7 Å². The number of nitrogens with zero attached hydrogens (tertiary/aromatic N) is 2. The Bertz CT molecular complexity index is 856. The van der Waals surface area contributed by atoms with Gasteiger partial charge >= 0.3 is 6.03 Å². The lowest BCUT2D eigenvalue weighted by atomic mass is 9.93. The Morgan fingerprint density at radius 3 is 2.66 bits per heavy atom. The number of fused-ring (bicyclic) bond motifs is 1. The van der Waals surface area contributed by atoms with Gasteiger partial charge in [0.15, 0.2) is 0 Å². The molecule has 1 aliphatic rings. The molecule has 0 unspecified atom stereocenters. The van der Waals surface area contributed by atoms with Gasteiger partial charge in [0.1, 0.15) is 5.01 Å². The molecule has 29 heavy (non-hydrogen) atoms. The highest BCUT2D eigenvalue weighted by Gasteiger charge is 2.20. The molecule has 0 spiro atoms. The molecule has 2 N–H and O–H groups in total. The summed E-state index contributed by atoms with van der Waals surface area (Å²) in [6.45, 7) is 8.72. The van der Waals surface area contributed by atoms with Gasteiger partial charge in [0.25, 0.3) is 0 Å². The quantitative estimate of drug-likeness (QED) is 0.709. The van der Waals surface area contributed by atoms with Crippen LogP contribution >= 0.6 is 11.3 Å². The molecule has 0 atom stereocenters. The third-order valence-electron chi connectivity index (χ3n) is 5.06. The SMILES string of the molecule is CC(C)(C)c1csc(CNC(=O)NCCCC(=O)N2CCc3ccccc3C2)n1. The molecule has 0 fully saturated rings. The molecular formula is C22H30N4O2S. The van der Waals surface area contributed by atoms with Crippen molar-refractivity contribution in [3.8, 4) is 0 Å². The summed E-state index contributed by atoms with van der Waals surface area (Å²) in [5.41, 5.74) is 3.63. The van der Waals surface area contributed by atoms with Crippen molar-refractivity contribution in [3.63, 3.8) is 0 Å². The first-order chi connectivity index (χ1) is 13.8. The minimum Gasteiger partial charge on any atom is -0.338 e. The normalized spacial score (nSPS) is 13.7. The predicted octanol–water partition coefficient (Wildman–Crippen LogP) is 3.60. The maximum Gasteiger partial charge on any atom is 0.315 e. The Hall–Kier alpha value is -2.41. The van der Waals surface area contributed by atoms with Crippen molar-refractivity contribution >= 4 is 23.3 Å². The van der Waals surface area contributed by atoms with Crippen molar-refractivity contribution < 1.29 is 9.59 Å². The standard InChI is InChI=1S/C22H30N4O2S/c1-22(2,3)18-15-29-19(25-18)13-24-21(28)23-11-6-9-20(27)26-12-10-16-7-4-5-8-17(16)14-26/h4-5,7-8,15H,6,9-14H2,1-3H3,(H2,23,24,28). The van der Waals surface area contributed by atoms with Crippen LogP contribution in [-0.2, 0) is 29.7 Å². The van der Waals surface area contributed by atoms with E-state index >= 15 is 0 Å². The number of benzene rings is 1. The van der Waals surface area contributed by atoms with Gasteiger partial charge in [-0.2, -0.15) is 0 Å². The molecule has 7 heteroatoms. The first-order valence-corrected chi connectivity index (χ1v) is 11.0. The first-order valence-electron chi connectivity index (χ1n) is 10.1. The fourth-order valence-electron chi connectivity index (χ4n) is 3.26. The van der Waals surface area contributed by atoms with E-state index in [9.17, 15) is 9.59 Å². The molecule has 0 saturated heterocycles. The zero-order valence-electron chi connectivity index (χ0n) is 17.5. The Morgan fingerprint density at radius 2 is 1.93 bits per heavy atom. The maximum absolute atomic E-state index is 12.4. The van der Waals surface area contributed by atoms with Crippen molar-refractivity contribution in [2.24, 2.45) is 0 Å². The number of hydrogen-bond acceptors (Lipinski definition) is 4. The maximum atomic E-state index is 12.4.